The van der Waals surface area contributed by atoms with E-state index in [-0.39, 0.29) is 5.91 Å². The first-order valence-electron chi connectivity index (χ1n) is 6.91. The molecular formula is C15H21ClN2O2. The van der Waals surface area contributed by atoms with Crippen molar-refractivity contribution < 1.29 is 9.63 Å². The van der Waals surface area contributed by atoms with E-state index in [4.69, 9.17) is 16.4 Å². The molecule has 0 saturated carbocycles. The Balaban J connectivity index is 2.05. The van der Waals surface area contributed by atoms with Crippen molar-refractivity contribution in [2.75, 3.05) is 18.5 Å². The van der Waals surface area contributed by atoms with Crippen molar-refractivity contribution in [3.8, 4) is 0 Å². The van der Waals surface area contributed by atoms with E-state index in [9.17, 15) is 4.79 Å². The molecule has 1 N–H and O–H groups in total. The number of carbonyl (C=O) groups excluding carboxylic acids is 1. The summed E-state index contributed by atoms with van der Waals surface area (Å²) in [5.74, 6) is 0.00162. The fourth-order valence-corrected chi connectivity index (χ4v) is 2.26. The number of nitrogens with one attached hydrogen (secondary N) is 1. The third-order valence-corrected chi connectivity index (χ3v) is 3.68. The molecule has 1 aromatic rings. The van der Waals surface area contributed by atoms with E-state index in [1.54, 1.807) is 0 Å². The molecule has 0 bridgehead atoms. The third-order valence-electron chi connectivity index (χ3n) is 3.33. The first-order chi connectivity index (χ1) is 9.44. The Morgan fingerprint density at radius 3 is 2.75 bits per heavy atom. The van der Waals surface area contributed by atoms with Gasteiger partial charge in [-0.1, -0.05) is 24.6 Å². The van der Waals surface area contributed by atoms with Gasteiger partial charge in [-0.2, -0.15) is 0 Å². The molecule has 0 spiro atoms. The molecule has 4 nitrogen and oxygen atoms in total. The summed E-state index contributed by atoms with van der Waals surface area (Å²) in [4.78, 5) is 17.5. The SMILES string of the molecule is CCCNc1ccc(CN2OCC(C)(C)C2=O)c(Cl)c1. The predicted molar refractivity (Wildman–Crippen MR) is 80.5 cm³/mol. The maximum absolute atomic E-state index is 12.1. The summed E-state index contributed by atoms with van der Waals surface area (Å²) in [6, 6.07) is 5.79. The van der Waals surface area contributed by atoms with Crippen LogP contribution in [0.15, 0.2) is 18.2 Å². The second kappa shape index (κ2) is 6.02. The number of benzene rings is 1. The van der Waals surface area contributed by atoms with Gasteiger partial charge in [0.1, 0.15) is 0 Å². The highest BCUT2D eigenvalue weighted by atomic mass is 35.5. The molecule has 1 saturated heterocycles. The minimum atomic E-state index is -0.449. The van der Waals surface area contributed by atoms with Crippen LogP contribution in [-0.2, 0) is 16.2 Å². The highest BCUT2D eigenvalue weighted by molar-refractivity contribution is 6.31. The van der Waals surface area contributed by atoms with Crippen molar-refractivity contribution >= 4 is 23.2 Å². The van der Waals surface area contributed by atoms with Gasteiger partial charge in [0.25, 0.3) is 5.91 Å². The van der Waals surface area contributed by atoms with Crippen LogP contribution in [-0.4, -0.2) is 24.1 Å². The lowest BCUT2D eigenvalue weighted by Gasteiger charge is -2.17. The van der Waals surface area contributed by atoms with E-state index in [2.05, 4.69) is 12.2 Å². The Labute approximate surface area is 125 Å². The Hall–Kier alpha value is -1.26. The van der Waals surface area contributed by atoms with E-state index < -0.39 is 5.41 Å². The lowest BCUT2D eigenvalue weighted by molar-refractivity contribution is -0.165. The van der Waals surface area contributed by atoms with Gasteiger partial charge in [0, 0.05) is 17.3 Å². The highest BCUT2D eigenvalue weighted by Crippen LogP contribution is 2.30. The minimum Gasteiger partial charge on any atom is -0.385 e. The number of amides is 1. The Kier molecular flexibility index (Phi) is 4.55. The number of nitrogens with zero attached hydrogens (tertiary/aromatic N) is 1. The molecule has 1 aliphatic rings. The minimum absolute atomic E-state index is 0.00162. The quantitative estimate of drug-likeness (QED) is 0.905. The van der Waals surface area contributed by atoms with Crippen molar-refractivity contribution in [1.29, 1.82) is 0 Å². The van der Waals surface area contributed by atoms with Gasteiger partial charge in [0.2, 0.25) is 0 Å². The first kappa shape index (κ1) is 15.1. The molecule has 110 valence electrons. The topological polar surface area (TPSA) is 41.6 Å². The summed E-state index contributed by atoms with van der Waals surface area (Å²) in [5, 5.41) is 5.33. The molecule has 2 rings (SSSR count). The first-order valence-corrected chi connectivity index (χ1v) is 7.29. The van der Waals surface area contributed by atoms with Crippen LogP contribution in [0.25, 0.3) is 0 Å². The highest BCUT2D eigenvalue weighted by Gasteiger charge is 2.40. The number of hydrogen-bond acceptors (Lipinski definition) is 3. The largest absolute Gasteiger partial charge is 0.385 e. The summed E-state index contributed by atoms with van der Waals surface area (Å²) in [5.41, 5.74) is 1.43. The second-order valence-corrected chi connectivity index (χ2v) is 6.14. The molecule has 5 heteroatoms. The van der Waals surface area contributed by atoms with E-state index in [0.717, 1.165) is 24.2 Å². The number of carbonyl (C=O) groups is 1. The summed E-state index contributed by atoms with van der Waals surface area (Å²) in [6.45, 7) is 7.59. The van der Waals surface area contributed by atoms with Crippen LogP contribution in [0.5, 0.6) is 0 Å². The lowest BCUT2D eigenvalue weighted by Crippen LogP contribution is -2.30. The number of halogens is 1. The fourth-order valence-electron chi connectivity index (χ4n) is 2.02. The smallest absolute Gasteiger partial charge is 0.254 e. The third kappa shape index (κ3) is 3.25. The molecule has 1 fully saturated rings. The number of hydroxylamine groups is 2. The average molecular weight is 297 g/mol. The Morgan fingerprint density at radius 1 is 1.45 bits per heavy atom. The molecule has 1 aromatic carbocycles. The van der Waals surface area contributed by atoms with Gasteiger partial charge in [-0.05, 0) is 38.0 Å². The van der Waals surface area contributed by atoms with Crippen molar-refractivity contribution in [3.05, 3.63) is 28.8 Å². The van der Waals surface area contributed by atoms with E-state index in [0.29, 0.717) is 18.2 Å². The molecule has 20 heavy (non-hydrogen) atoms. The predicted octanol–water partition coefficient (Wildman–Crippen LogP) is 3.46. The maximum Gasteiger partial charge on any atom is 0.254 e. The Bertz CT molecular complexity index is 503. The van der Waals surface area contributed by atoms with Crippen LogP contribution < -0.4 is 5.32 Å². The summed E-state index contributed by atoms with van der Waals surface area (Å²) < 4.78 is 0. The van der Waals surface area contributed by atoms with Gasteiger partial charge in [0.15, 0.2) is 0 Å². The average Bonchev–Trinajstić information content (AvgIpc) is 2.66. The normalized spacial score (nSPS) is 17.6. The van der Waals surface area contributed by atoms with Crippen molar-refractivity contribution in [2.45, 2.75) is 33.7 Å². The molecule has 0 atom stereocenters. The molecule has 1 heterocycles. The van der Waals surface area contributed by atoms with Gasteiger partial charge < -0.3 is 5.32 Å². The molecule has 0 radical (unpaired) electrons. The van der Waals surface area contributed by atoms with Gasteiger partial charge in [-0.3, -0.25) is 9.63 Å². The van der Waals surface area contributed by atoms with Gasteiger partial charge in [0.05, 0.1) is 18.6 Å². The summed E-state index contributed by atoms with van der Waals surface area (Å²) in [7, 11) is 0. The van der Waals surface area contributed by atoms with Crippen LogP contribution in [0, 0.1) is 5.41 Å². The van der Waals surface area contributed by atoms with Gasteiger partial charge in [-0.15, -0.1) is 0 Å². The van der Waals surface area contributed by atoms with Crippen molar-refractivity contribution in [1.82, 2.24) is 5.06 Å². The van der Waals surface area contributed by atoms with Crippen LogP contribution >= 0.6 is 11.6 Å². The molecule has 1 aliphatic heterocycles. The number of hydrogen-bond donors (Lipinski definition) is 1. The van der Waals surface area contributed by atoms with E-state index in [1.807, 2.05) is 32.0 Å². The van der Waals surface area contributed by atoms with Crippen LogP contribution in [0.2, 0.25) is 5.02 Å². The van der Waals surface area contributed by atoms with E-state index in [1.165, 1.54) is 5.06 Å². The molecule has 1 amide bonds. The van der Waals surface area contributed by atoms with Gasteiger partial charge in [-0.25, -0.2) is 5.06 Å². The zero-order valence-corrected chi connectivity index (χ0v) is 13.0. The van der Waals surface area contributed by atoms with Crippen LogP contribution in [0.4, 0.5) is 5.69 Å². The summed E-state index contributed by atoms with van der Waals surface area (Å²) in [6.07, 6.45) is 1.06. The van der Waals surface area contributed by atoms with Gasteiger partial charge >= 0.3 is 0 Å². The van der Waals surface area contributed by atoms with Crippen LogP contribution in [0.1, 0.15) is 32.8 Å². The summed E-state index contributed by atoms with van der Waals surface area (Å²) >= 11 is 6.27. The van der Waals surface area contributed by atoms with E-state index >= 15 is 0 Å². The zero-order chi connectivity index (χ0) is 14.8. The maximum atomic E-state index is 12.1. The number of anilines is 1. The van der Waals surface area contributed by atoms with Crippen molar-refractivity contribution in [3.63, 3.8) is 0 Å². The molecule has 0 aliphatic carbocycles. The molecule has 0 unspecified atom stereocenters. The Morgan fingerprint density at radius 2 is 2.20 bits per heavy atom. The zero-order valence-electron chi connectivity index (χ0n) is 12.2. The molecular weight excluding hydrogens is 276 g/mol. The second-order valence-electron chi connectivity index (χ2n) is 5.73. The fraction of sp³-hybridized carbons (Fsp3) is 0.533. The monoisotopic (exact) mass is 296 g/mol. The lowest BCUT2D eigenvalue weighted by atomic mass is 9.95. The standard InChI is InChI=1S/C15H21ClN2O2/c1-4-7-17-12-6-5-11(13(16)8-12)9-18-14(19)15(2,3)10-20-18/h5-6,8,17H,4,7,9-10H2,1-3H3. The van der Waals surface area contributed by atoms with Crippen LogP contribution in [0.3, 0.4) is 0 Å². The number of rotatable bonds is 5. The van der Waals surface area contributed by atoms with Crippen molar-refractivity contribution in [2.24, 2.45) is 5.41 Å². The molecule has 0 aromatic heterocycles.